The van der Waals surface area contributed by atoms with E-state index in [1.54, 1.807) is 6.92 Å². The monoisotopic (exact) mass is 287 g/mol. The van der Waals surface area contributed by atoms with Crippen LogP contribution in [0.4, 0.5) is 4.79 Å². The Kier molecular flexibility index (Phi) is 5.32. The summed E-state index contributed by atoms with van der Waals surface area (Å²) in [5.41, 5.74) is 5.06. The van der Waals surface area contributed by atoms with Crippen LogP contribution in [-0.4, -0.2) is 57.8 Å². The summed E-state index contributed by atoms with van der Waals surface area (Å²) in [4.78, 5) is 35.7. The van der Waals surface area contributed by atoms with Crippen molar-refractivity contribution >= 4 is 17.9 Å². The molecule has 114 valence electrons. The van der Waals surface area contributed by atoms with Gasteiger partial charge in [0.1, 0.15) is 12.1 Å². The van der Waals surface area contributed by atoms with Crippen molar-refractivity contribution in [2.45, 2.75) is 44.9 Å². The maximum absolute atomic E-state index is 12.4. The van der Waals surface area contributed by atoms with Crippen LogP contribution in [0.1, 0.15) is 26.7 Å². The van der Waals surface area contributed by atoms with Crippen molar-refractivity contribution in [2.24, 2.45) is 11.7 Å². The van der Waals surface area contributed by atoms with Crippen LogP contribution >= 0.6 is 0 Å². The highest BCUT2D eigenvalue weighted by atomic mass is 16.4. The number of hydrogen-bond acceptors (Lipinski definition) is 4. The smallest absolute Gasteiger partial charge is 0.326 e. The summed E-state index contributed by atoms with van der Waals surface area (Å²) in [5, 5.41) is 21.0. The molecule has 1 heterocycles. The van der Waals surface area contributed by atoms with Gasteiger partial charge in [-0.25, -0.2) is 9.59 Å². The number of amides is 3. The fourth-order valence-electron chi connectivity index (χ4n) is 2.31. The number of carboxylic acid groups (broad SMARTS) is 1. The fourth-order valence-corrected chi connectivity index (χ4v) is 2.31. The van der Waals surface area contributed by atoms with E-state index < -0.39 is 36.1 Å². The number of hydrogen-bond donors (Lipinski definition) is 4. The van der Waals surface area contributed by atoms with Gasteiger partial charge in [-0.15, -0.1) is 0 Å². The second-order valence-electron chi connectivity index (χ2n) is 5.11. The van der Waals surface area contributed by atoms with Gasteiger partial charge in [-0.3, -0.25) is 4.79 Å². The number of aliphatic hydroxyl groups is 1. The summed E-state index contributed by atoms with van der Waals surface area (Å²) in [6, 6.07) is -2.79. The van der Waals surface area contributed by atoms with Gasteiger partial charge >= 0.3 is 12.0 Å². The zero-order valence-corrected chi connectivity index (χ0v) is 11.6. The van der Waals surface area contributed by atoms with E-state index in [4.69, 9.17) is 10.8 Å². The highest BCUT2D eigenvalue weighted by Gasteiger charge is 2.42. The van der Waals surface area contributed by atoms with Crippen molar-refractivity contribution < 1.29 is 24.6 Å². The molecule has 2 unspecified atom stereocenters. The molecule has 8 nitrogen and oxygen atoms in total. The molecule has 1 aliphatic heterocycles. The number of nitrogens with one attached hydrogen (secondary N) is 1. The lowest BCUT2D eigenvalue weighted by molar-refractivity contribution is -0.149. The third kappa shape index (κ3) is 3.60. The van der Waals surface area contributed by atoms with Crippen LogP contribution in [0.5, 0.6) is 0 Å². The molecule has 5 N–H and O–H groups in total. The lowest BCUT2D eigenvalue weighted by Gasteiger charge is -2.29. The predicted octanol–water partition coefficient (Wildman–Crippen LogP) is -0.884. The Morgan fingerprint density at radius 1 is 1.45 bits per heavy atom. The summed E-state index contributed by atoms with van der Waals surface area (Å²) in [6.45, 7) is 3.56. The van der Waals surface area contributed by atoms with E-state index in [1.807, 2.05) is 6.92 Å². The molecule has 0 aromatic heterocycles. The van der Waals surface area contributed by atoms with Gasteiger partial charge in [0.25, 0.3) is 0 Å². The van der Waals surface area contributed by atoms with Crippen LogP contribution in [0.15, 0.2) is 0 Å². The fraction of sp³-hybridized carbons (Fsp3) is 0.750. The van der Waals surface area contributed by atoms with E-state index in [-0.39, 0.29) is 18.9 Å². The molecule has 1 aliphatic rings. The third-order valence-electron chi connectivity index (χ3n) is 3.62. The largest absolute Gasteiger partial charge is 0.480 e. The summed E-state index contributed by atoms with van der Waals surface area (Å²) >= 11 is 0. The van der Waals surface area contributed by atoms with Crippen LogP contribution in [0.3, 0.4) is 0 Å². The van der Waals surface area contributed by atoms with Crippen LogP contribution in [-0.2, 0) is 9.59 Å². The number of carboxylic acids is 1. The highest BCUT2D eigenvalue weighted by Crippen LogP contribution is 2.21. The second-order valence-corrected chi connectivity index (χ2v) is 5.11. The number of likely N-dealkylation sites (tertiary alicyclic amines) is 1. The van der Waals surface area contributed by atoms with Crippen LogP contribution < -0.4 is 11.1 Å². The normalized spacial score (nSPS) is 25.1. The van der Waals surface area contributed by atoms with Crippen LogP contribution in [0.25, 0.3) is 0 Å². The Balaban J connectivity index is 2.92. The number of carbonyl (C=O) groups excluding carboxylic acids is 2. The topological polar surface area (TPSA) is 133 Å². The Morgan fingerprint density at radius 2 is 2.05 bits per heavy atom. The molecule has 0 aliphatic carbocycles. The summed E-state index contributed by atoms with van der Waals surface area (Å²) in [5.74, 6) is -1.89. The average Bonchev–Trinajstić information content (AvgIpc) is 2.76. The van der Waals surface area contributed by atoms with Crippen molar-refractivity contribution in [2.75, 3.05) is 6.54 Å². The Bertz CT molecular complexity index is 397. The van der Waals surface area contributed by atoms with Crippen molar-refractivity contribution in [1.82, 2.24) is 10.2 Å². The van der Waals surface area contributed by atoms with Crippen molar-refractivity contribution in [3.8, 4) is 0 Å². The van der Waals surface area contributed by atoms with Gasteiger partial charge in [-0.05, 0) is 5.92 Å². The van der Waals surface area contributed by atoms with E-state index in [0.717, 1.165) is 4.90 Å². The average molecular weight is 287 g/mol. The maximum atomic E-state index is 12.4. The lowest BCUT2D eigenvalue weighted by Crippen LogP contribution is -2.55. The number of aliphatic hydroxyl groups excluding tert-OH is 1. The Labute approximate surface area is 116 Å². The minimum Gasteiger partial charge on any atom is -0.480 e. The van der Waals surface area contributed by atoms with Crippen LogP contribution in [0, 0.1) is 5.92 Å². The number of rotatable bonds is 5. The van der Waals surface area contributed by atoms with Crippen molar-refractivity contribution in [3.05, 3.63) is 0 Å². The SMILES string of the molecule is CCC(C)C(NC(N)=O)C(=O)N1C[C@H](O)C[C@H]1C(=O)O. The first-order valence-corrected chi connectivity index (χ1v) is 6.55. The molecule has 0 aromatic carbocycles. The van der Waals surface area contributed by atoms with E-state index in [2.05, 4.69) is 5.32 Å². The molecule has 0 radical (unpaired) electrons. The number of urea groups is 1. The first-order valence-electron chi connectivity index (χ1n) is 6.55. The molecule has 0 aromatic rings. The molecule has 0 saturated carbocycles. The summed E-state index contributed by atoms with van der Waals surface area (Å²) in [7, 11) is 0. The minimum absolute atomic E-state index is 0.00906. The number of primary amides is 1. The molecular formula is C12H21N3O5. The number of aliphatic carboxylic acids is 1. The first-order chi connectivity index (χ1) is 9.27. The van der Waals surface area contributed by atoms with Crippen LogP contribution in [0.2, 0.25) is 0 Å². The third-order valence-corrected chi connectivity index (χ3v) is 3.62. The molecule has 0 bridgehead atoms. The molecular weight excluding hydrogens is 266 g/mol. The predicted molar refractivity (Wildman–Crippen MR) is 69.7 cm³/mol. The van der Waals surface area contributed by atoms with Gasteiger partial charge in [0, 0.05) is 13.0 Å². The van der Waals surface area contributed by atoms with E-state index in [0.29, 0.717) is 6.42 Å². The standard InChI is InChI=1S/C12H21N3O5/c1-3-6(2)9(14-12(13)20)10(17)15-5-7(16)4-8(15)11(18)19/h6-9,16H,3-5H2,1-2H3,(H,18,19)(H3,13,14,20)/t6?,7-,8+,9?/m1/s1. The van der Waals surface area contributed by atoms with Gasteiger partial charge in [-0.1, -0.05) is 20.3 Å². The van der Waals surface area contributed by atoms with Gasteiger partial charge < -0.3 is 26.2 Å². The molecule has 0 spiro atoms. The number of nitrogens with two attached hydrogens (primary N) is 1. The number of carbonyl (C=O) groups is 3. The van der Waals surface area contributed by atoms with Crippen molar-refractivity contribution in [3.63, 3.8) is 0 Å². The lowest BCUT2D eigenvalue weighted by atomic mass is 9.97. The molecule has 1 saturated heterocycles. The van der Waals surface area contributed by atoms with E-state index in [1.165, 1.54) is 0 Å². The number of β-amino-alcohol motifs (C(OH)–C–C–N with tert-alkyl or cyclic N) is 1. The summed E-state index contributed by atoms with van der Waals surface area (Å²) < 4.78 is 0. The molecule has 4 atom stereocenters. The van der Waals surface area contributed by atoms with Gasteiger partial charge in [0.15, 0.2) is 0 Å². The first kappa shape index (κ1) is 16.2. The Morgan fingerprint density at radius 3 is 2.50 bits per heavy atom. The minimum atomic E-state index is -1.17. The zero-order chi connectivity index (χ0) is 15.4. The Hall–Kier alpha value is -1.83. The second kappa shape index (κ2) is 6.56. The summed E-state index contributed by atoms with van der Waals surface area (Å²) in [6.07, 6.45) is -0.262. The molecule has 1 rings (SSSR count). The maximum Gasteiger partial charge on any atom is 0.326 e. The van der Waals surface area contributed by atoms with Gasteiger partial charge in [0.2, 0.25) is 5.91 Å². The van der Waals surface area contributed by atoms with Crippen molar-refractivity contribution in [1.29, 1.82) is 0 Å². The molecule has 1 fully saturated rings. The van der Waals surface area contributed by atoms with E-state index >= 15 is 0 Å². The molecule has 20 heavy (non-hydrogen) atoms. The van der Waals surface area contributed by atoms with Gasteiger partial charge in [0.05, 0.1) is 6.10 Å². The quantitative estimate of drug-likeness (QED) is 0.521. The van der Waals surface area contributed by atoms with E-state index in [9.17, 15) is 19.5 Å². The van der Waals surface area contributed by atoms with Gasteiger partial charge in [-0.2, -0.15) is 0 Å². The molecule has 3 amide bonds. The molecule has 8 heteroatoms. The zero-order valence-electron chi connectivity index (χ0n) is 11.6. The number of nitrogens with zero attached hydrogens (tertiary/aromatic N) is 1. The highest BCUT2D eigenvalue weighted by molar-refractivity contribution is 5.90.